The van der Waals surface area contributed by atoms with Gasteiger partial charge in [0, 0.05) is 29.6 Å². The predicted molar refractivity (Wildman–Crippen MR) is 122 cm³/mol. The molecule has 158 valence electrons. The zero-order chi connectivity index (χ0) is 21.5. The summed E-state index contributed by atoms with van der Waals surface area (Å²) in [4.78, 5) is 25.1. The average Bonchev–Trinajstić information content (AvgIpc) is 3.25. The lowest BCUT2D eigenvalue weighted by Crippen LogP contribution is -2.57. The summed E-state index contributed by atoms with van der Waals surface area (Å²) in [7, 11) is 0. The minimum Gasteiger partial charge on any atom is -0.478 e. The second kappa shape index (κ2) is 10.5. The number of aliphatic carboxylic acids is 2. The van der Waals surface area contributed by atoms with E-state index < -0.39 is 11.9 Å². The molecule has 2 bridgehead atoms. The number of carboxylic acid groups (broad SMARTS) is 2. The van der Waals surface area contributed by atoms with Crippen molar-refractivity contribution in [2.75, 3.05) is 19.6 Å². The lowest BCUT2D eigenvalue weighted by molar-refractivity contribution is -0.134. The van der Waals surface area contributed by atoms with Crippen LogP contribution in [0, 0.1) is 5.92 Å². The smallest absolute Gasteiger partial charge is 0.328 e. The number of carboxylic acids is 2. The fraction of sp³-hybridized carbons (Fsp3) is 0.318. The zero-order valence-corrected chi connectivity index (χ0v) is 18.0. The Morgan fingerprint density at radius 3 is 2.20 bits per heavy atom. The van der Waals surface area contributed by atoms with Crippen LogP contribution in [0.5, 0.6) is 0 Å². The van der Waals surface area contributed by atoms with Crippen LogP contribution in [0.2, 0.25) is 0 Å². The molecule has 2 aromatic rings. The van der Waals surface area contributed by atoms with Gasteiger partial charge in [0.25, 0.3) is 0 Å². The van der Waals surface area contributed by atoms with Crippen LogP contribution in [0.3, 0.4) is 0 Å². The highest BCUT2D eigenvalue weighted by atomic mass is 32.1. The molecule has 0 saturated carbocycles. The Hall–Kier alpha value is -2.55. The summed E-state index contributed by atoms with van der Waals surface area (Å²) in [5.74, 6) is -1.71. The molecule has 0 spiro atoms. The molecule has 5 rings (SSSR count). The Bertz CT molecular complexity index is 902. The molecular weight excluding hydrogens is 420 g/mol. The third-order valence-electron chi connectivity index (χ3n) is 5.23. The van der Waals surface area contributed by atoms with Crippen molar-refractivity contribution in [3.8, 4) is 10.4 Å². The molecule has 3 aliphatic heterocycles. The van der Waals surface area contributed by atoms with Crippen molar-refractivity contribution in [1.82, 2.24) is 10.2 Å². The normalized spacial score (nSPS) is 22.2. The van der Waals surface area contributed by atoms with Gasteiger partial charge in [-0.1, -0.05) is 42.5 Å². The molecule has 6 nitrogen and oxygen atoms in total. The fourth-order valence-electron chi connectivity index (χ4n) is 3.73. The third-order valence-corrected chi connectivity index (χ3v) is 6.85. The molecule has 3 fully saturated rings. The van der Waals surface area contributed by atoms with Crippen molar-refractivity contribution in [1.29, 1.82) is 0 Å². The van der Waals surface area contributed by atoms with E-state index in [1.54, 1.807) is 11.3 Å². The quantitative estimate of drug-likeness (QED) is 0.480. The highest BCUT2D eigenvalue weighted by Gasteiger charge is 2.34. The standard InChI is InChI=1S/C18H20N2S2.C4H4O4/c21-18(19-15-12-20-10-8-13(15)9-11-20)17-7-6-16(22-17)14-4-2-1-3-5-14;5-3(6)1-2-4(7)8/h1-7,13,15H,8-12H2,(H,19,21);1-2H,(H,5,6)(H,7,8)/t15-;/m0./s1. The van der Waals surface area contributed by atoms with Gasteiger partial charge in [0.05, 0.1) is 4.88 Å². The fourth-order valence-corrected chi connectivity index (χ4v) is 4.99. The summed E-state index contributed by atoms with van der Waals surface area (Å²) >= 11 is 7.45. The Morgan fingerprint density at radius 1 is 1.03 bits per heavy atom. The van der Waals surface area contributed by atoms with E-state index in [1.807, 2.05) is 0 Å². The molecule has 1 atom stereocenters. The predicted octanol–water partition coefficient (Wildman–Crippen LogP) is 3.49. The van der Waals surface area contributed by atoms with Gasteiger partial charge in [-0.25, -0.2) is 9.59 Å². The summed E-state index contributed by atoms with van der Waals surface area (Å²) < 4.78 is 0. The molecule has 8 heteroatoms. The Balaban J connectivity index is 0.000000275. The minimum atomic E-state index is -1.26. The number of benzene rings is 1. The molecule has 0 aliphatic carbocycles. The Kier molecular flexibility index (Phi) is 7.73. The topological polar surface area (TPSA) is 89.9 Å². The maximum Gasteiger partial charge on any atom is 0.328 e. The summed E-state index contributed by atoms with van der Waals surface area (Å²) in [5, 5.41) is 19.3. The van der Waals surface area contributed by atoms with Gasteiger partial charge in [-0.3, -0.25) is 0 Å². The molecular formula is C22H24N2O4S2. The Morgan fingerprint density at radius 2 is 1.67 bits per heavy atom. The number of hydrogen-bond acceptors (Lipinski definition) is 5. The third kappa shape index (κ3) is 6.22. The molecule has 0 radical (unpaired) electrons. The first-order chi connectivity index (χ1) is 14.4. The number of hydrogen-bond donors (Lipinski definition) is 3. The van der Waals surface area contributed by atoms with E-state index in [9.17, 15) is 9.59 Å². The van der Waals surface area contributed by atoms with Gasteiger partial charge in [-0.05, 0) is 49.5 Å². The van der Waals surface area contributed by atoms with Crippen LogP contribution in [0.4, 0.5) is 0 Å². The molecule has 1 aromatic carbocycles. The van der Waals surface area contributed by atoms with Gasteiger partial charge in [0.15, 0.2) is 0 Å². The van der Waals surface area contributed by atoms with E-state index in [1.165, 1.54) is 41.2 Å². The monoisotopic (exact) mass is 444 g/mol. The van der Waals surface area contributed by atoms with Crippen LogP contribution in [0.25, 0.3) is 10.4 Å². The number of rotatable bonds is 5. The number of thiocarbonyl (C=S) groups is 1. The highest BCUT2D eigenvalue weighted by Crippen LogP contribution is 2.30. The van der Waals surface area contributed by atoms with Crippen molar-refractivity contribution in [2.45, 2.75) is 18.9 Å². The van der Waals surface area contributed by atoms with Crippen LogP contribution in [0.1, 0.15) is 17.7 Å². The first-order valence-electron chi connectivity index (χ1n) is 9.75. The van der Waals surface area contributed by atoms with E-state index in [0.717, 1.165) is 17.5 Å². The average molecular weight is 445 g/mol. The van der Waals surface area contributed by atoms with Crippen molar-refractivity contribution >= 4 is 40.5 Å². The molecule has 0 amide bonds. The van der Waals surface area contributed by atoms with E-state index in [2.05, 4.69) is 52.7 Å². The number of nitrogens with zero attached hydrogens (tertiary/aromatic N) is 1. The van der Waals surface area contributed by atoms with Gasteiger partial charge in [-0.2, -0.15) is 0 Å². The van der Waals surface area contributed by atoms with Gasteiger partial charge in [0.1, 0.15) is 4.99 Å². The SMILES string of the molecule is O=C(O)C=CC(=O)O.S=C(N[C@H]1CN2CCC1CC2)c1ccc(-c2ccccc2)s1. The van der Waals surface area contributed by atoms with Crippen molar-refractivity contribution in [3.63, 3.8) is 0 Å². The summed E-state index contributed by atoms with van der Waals surface area (Å²) in [6, 6.07) is 15.4. The second-order valence-electron chi connectivity index (χ2n) is 7.26. The number of piperidine rings is 3. The van der Waals surface area contributed by atoms with Crippen LogP contribution < -0.4 is 5.32 Å². The van der Waals surface area contributed by atoms with Crippen LogP contribution >= 0.6 is 23.6 Å². The van der Waals surface area contributed by atoms with Crippen molar-refractivity contribution < 1.29 is 19.8 Å². The molecule has 0 unspecified atom stereocenters. The lowest BCUT2D eigenvalue weighted by atomic mass is 9.84. The second-order valence-corrected chi connectivity index (χ2v) is 8.75. The highest BCUT2D eigenvalue weighted by molar-refractivity contribution is 7.81. The number of thiophene rings is 1. The Labute approximate surface area is 184 Å². The maximum atomic E-state index is 9.55. The van der Waals surface area contributed by atoms with Crippen LogP contribution in [0.15, 0.2) is 54.6 Å². The summed E-state index contributed by atoms with van der Waals surface area (Å²) in [6.45, 7) is 3.70. The molecule has 4 heterocycles. The molecule has 1 aromatic heterocycles. The van der Waals surface area contributed by atoms with E-state index in [4.69, 9.17) is 22.4 Å². The van der Waals surface area contributed by atoms with E-state index in [0.29, 0.717) is 18.2 Å². The zero-order valence-electron chi connectivity index (χ0n) is 16.4. The molecule has 3 N–H and O–H groups in total. The van der Waals surface area contributed by atoms with E-state index in [-0.39, 0.29) is 0 Å². The molecule has 3 saturated heterocycles. The molecule has 30 heavy (non-hydrogen) atoms. The van der Waals surface area contributed by atoms with Gasteiger partial charge >= 0.3 is 11.9 Å². The number of fused-ring (bicyclic) bond motifs is 3. The first kappa shape index (κ1) is 22.1. The largest absolute Gasteiger partial charge is 0.478 e. The van der Waals surface area contributed by atoms with Gasteiger partial charge < -0.3 is 20.4 Å². The molecule has 3 aliphatic rings. The van der Waals surface area contributed by atoms with Crippen molar-refractivity contribution in [3.05, 3.63) is 59.5 Å². The summed E-state index contributed by atoms with van der Waals surface area (Å²) in [5.41, 5.74) is 1.27. The number of carbonyl (C=O) groups is 2. The van der Waals surface area contributed by atoms with Crippen LogP contribution in [-0.4, -0.2) is 57.7 Å². The van der Waals surface area contributed by atoms with E-state index >= 15 is 0 Å². The number of nitrogens with one attached hydrogen (secondary N) is 1. The van der Waals surface area contributed by atoms with Gasteiger partial charge in [0.2, 0.25) is 0 Å². The van der Waals surface area contributed by atoms with Crippen LogP contribution in [-0.2, 0) is 9.59 Å². The van der Waals surface area contributed by atoms with Gasteiger partial charge in [-0.15, -0.1) is 11.3 Å². The van der Waals surface area contributed by atoms with Crippen molar-refractivity contribution in [2.24, 2.45) is 5.92 Å². The lowest BCUT2D eigenvalue weighted by Gasteiger charge is -2.45. The minimum absolute atomic E-state index is 0.539. The maximum absolute atomic E-state index is 9.55. The summed E-state index contributed by atoms with van der Waals surface area (Å²) in [6.07, 6.45) is 3.75. The first-order valence-corrected chi connectivity index (χ1v) is 11.0.